The van der Waals surface area contributed by atoms with Gasteiger partial charge in [0.1, 0.15) is 0 Å². The van der Waals surface area contributed by atoms with Gasteiger partial charge in [0, 0.05) is 32.9 Å². The largest absolute Gasteiger partial charge is 0.416 e. The molecule has 0 fully saturated rings. The maximum Gasteiger partial charge on any atom is 0.416 e. The molecule has 0 aromatic heterocycles. The van der Waals surface area contributed by atoms with Gasteiger partial charge in [0.2, 0.25) is 5.91 Å². The highest BCUT2D eigenvalue weighted by Gasteiger charge is 2.46. The highest BCUT2D eigenvalue weighted by Crippen LogP contribution is 2.45. The molecule has 0 bridgehead atoms. The first-order valence-corrected chi connectivity index (χ1v) is 10.8. The van der Waals surface area contributed by atoms with E-state index in [2.05, 4.69) is 5.32 Å². The third-order valence-corrected chi connectivity index (χ3v) is 5.81. The Morgan fingerprint density at radius 2 is 1.53 bits per heavy atom. The van der Waals surface area contributed by atoms with Crippen molar-refractivity contribution in [2.45, 2.75) is 24.3 Å². The molecule has 2 aromatic rings. The van der Waals surface area contributed by atoms with Gasteiger partial charge in [-0.15, -0.1) is 0 Å². The highest BCUT2D eigenvalue weighted by molar-refractivity contribution is 6.01. The van der Waals surface area contributed by atoms with Crippen LogP contribution in [-0.2, 0) is 26.6 Å². The highest BCUT2D eigenvalue weighted by atomic mass is 19.4. The summed E-state index contributed by atoms with van der Waals surface area (Å²) in [5, 5.41) is 2.60. The summed E-state index contributed by atoms with van der Waals surface area (Å²) in [6, 6.07) is 5.66. The number of ether oxygens (including phenoxy) is 2. The standard InChI is InChI=1S/C24H24F6N2O4/c1-35-9-7-31-21(33)19-17-5-3-4-6-18(17)22(34)32(8-10-36-2)20(19)14-11-15(23(25,26)27)13-16(12-14)24(28,29)30/h3-6,11-13,19-20H,7-10H2,1-2H3,(H,31,33)/t19-,20+/m0/s1. The summed E-state index contributed by atoms with van der Waals surface area (Å²) in [4.78, 5) is 27.8. The van der Waals surface area contributed by atoms with Crippen LogP contribution in [0.15, 0.2) is 42.5 Å². The zero-order valence-corrected chi connectivity index (χ0v) is 19.4. The number of carbonyl (C=O) groups is 2. The summed E-state index contributed by atoms with van der Waals surface area (Å²) >= 11 is 0. The lowest BCUT2D eigenvalue weighted by atomic mass is 9.78. The van der Waals surface area contributed by atoms with Crippen molar-refractivity contribution in [1.82, 2.24) is 10.2 Å². The first-order chi connectivity index (χ1) is 16.9. The van der Waals surface area contributed by atoms with E-state index in [1.165, 1.54) is 32.4 Å². The van der Waals surface area contributed by atoms with E-state index in [9.17, 15) is 35.9 Å². The van der Waals surface area contributed by atoms with Crippen molar-refractivity contribution in [3.05, 3.63) is 70.3 Å². The number of hydrogen-bond donors (Lipinski definition) is 1. The van der Waals surface area contributed by atoms with Crippen LogP contribution in [0.2, 0.25) is 0 Å². The van der Waals surface area contributed by atoms with Gasteiger partial charge in [-0.1, -0.05) is 18.2 Å². The van der Waals surface area contributed by atoms with E-state index in [0.717, 1.165) is 4.90 Å². The van der Waals surface area contributed by atoms with Crippen molar-refractivity contribution in [2.75, 3.05) is 40.5 Å². The fourth-order valence-electron chi connectivity index (χ4n) is 4.22. The van der Waals surface area contributed by atoms with Crippen molar-refractivity contribution in [1.29, 1.82) is 0 Å². The molecular weight excluding hydrogens is 494 g/mol. The number of amides is 2. The van der Waals surface area contributed by atoms with Crippen LogP contribution in [-0.4, -0.2) is 57.2 Å². The normalized spacial score (nSPS) is 18.2. The van der Waals surface area contributed by atoms with Gasteiger partial charge in [-0.25, -0.2) is 0 Å². The van der Waals surface area contributed by atoms with Crippen molar-refractivity contribution >= 4 is 11.8 Å². The van der Waals surface area contributed by atoms with Crippen LogP contribution in [0.3, 0.4) is 0 Å². The predicted molar refractivity (Wildman–Crippen MR) is 116 cm³/mol. The smallest absolute Gasteiger partial charge is 0.383 e. The van der Waals surface area contributed by atoms with Gasteiger partial charge >= 0.3 is 12.4 Å². The van der Waals surface area contributed by atoms with Crippen LogP contribution in [0.1, 0.15) is 44.6 Å². The number of fused-ring (bicyclic) bond motifs is 1. The van der Waals surface area contributed by atoms with E-state index >= 15 is 0 Å². The SMILES string of the molecule is COCCNC(=O)[C@H]1c2ccccc2C(=O)N(CCOC)[C@@H]1c1cc(C(F)(F)F)cc(C(F)(F)F)c1. The number of nitrogens with one attached hydrogen (secondary N) is 1. The molecule has 36 heavy (non-hydrogen) atoms. The Morgan fingerprint density at radius 3 is 2.08 bits per heavy atom. The molecule has 0 saturated carbocycles. The maximum atomic E-state index is 13.6. The van der Waals surface area contributed by atoms with E-state index in [-0.39, 0.29) is 43.5 Å². The average Bonchev–Trinajstić information content (AvgIpc) is 2.82. The van der Waals surface area contributed by atoms with Crippen LogP contribution in [0.5, 0.6) is 0 Å². The van der Waals surface area contributed by atoms with Crippen molar-refractivity contribution < 1.29 is 45.4 Å². The molecule has 1 aliphatic rings. The maximum absolute atomic E-state index is 13.6. The van der Waals surface area contributed by atoms with Crippen LogP contribution in [0.25, 0.3) is 0 Å². The van der Waals surface area contributed by atoms with Gasteiger partial charge in [0.25, 0.3) is 5.91 Å². The summed E-state index contributed by atoms with van der Waals surface area (Å²) in [7, 11) is 2.73. The second-order valence-corrected chi connectivity index (χ2v) is 8.12. The number of rotatable bonds is 8. The molecular formula is C24H24F6N2O4. The molecule has 3 rings (SSSR count). The van der Waals surface area contributed by atoms with Gasteiger partial charge in [-0.3, -0.25) is 9.59 Å². The summed E-state index contributed by atoms with van der Waals surface area (Å²) < 4.78 is 91.7. The van der Waals surface area contributed by atoms with E-state index in [0.29, 0.717) is 12.1 Å². The monoisotopic (exact) mass is 518 g/mol. The Bertz CT molecular complexity index is 1070. The fraction of sp³-hybridized carbons (Fsp3) is 0.417. The molecule has 0 spiro atoms. The lowest BCUT2D eigenvalue weighted by molar-refractivity contribution is -0.143. The third kappa shape index (κ3) is 5.81. The number of benzene rings is 2. The molecule has 196 valence electrons. The minimum atomic E-state index is -5.10. The lowest BCUT2D eigenvalue weighted by Crippen LogP contribution is -2.48. The first kappa shape index (κ1) is 27.5. The molecule has 2 atom stereocenters. The fourth-order valence-corrected chi connectivity index (χ4v) is 4.22. The summed E-state index contributed by atoms with van der Waals surface area (Å²) in [5.74, 6) is -2.61. The summed E-state index contributed by atoms with van der Waals surface area (Å²) in [6.45, 7) is -0.0662. The Morgan fingerprint density at radius 1 is 0.944 bits per heavy atom. The Labute approximate surface area is 203 Å². The van der Waals surface area contributed by atoms with Crippen molar-refractivity contribution in [3.8, 4) is 0 Å². The van der Waals surface area contributed by atoms with Crippen molar-refractivity contribution in [2.24, 2.45) is 0 Å². The van der Waals surface area contributed by atoms with Crippen LogP contribution >= 0.6 is 0 Å². The topological polar surface area (TPSA) is 67.9 Å². The minimum Gasteiger partial charge on any atom is -0.383 e. The number of carbonyl (C=O) groups excluding carboxylic acids is 2. The quantitative estimate of drug-likeness (QED) is 0.415. The zero-order valence-electron chi connectivity index (χ0n) is 19.4. The second-order valence-electron chi connectivity index (χ2n) is 8.12. The molecule has 0 saturated heterocycles. The van der Waals surface area contributed by atoms with E-state index in [1.54, 1.807) is 6.07 Å². The lowest BCUT2D eigenvalue weighted by Gasteiger charge is -2.42. The molecule has 0 radical (unpaired) electrons. The number of halogens is 6. The molecule has 12 heteroatoms. The minimum absolute atomic E-state index is 0.00918. The number of alkyl halides is 6. The number of nitrogens with zero attached hydrogens (tertiary/aromatic N) is 1. The number of hydrogen-bond acceptors (Lipinski definition) is 4. The average molecular weight is 518 g/mol. The zero-order chi connectivity index (χ0) is 26.7. The summed E-state index contributed by atoms with van der Waals surface area (Å²) in [6.07, 6.45) is -10.2. The molecule has 2 aromatic carbocycles. The first-order valence-electron chi connectivity index (χ1n) is 10.8. The van der Waals surface area contributed by atoms with Crippen LogP contribution in [0, 0.1) is 0 Å². The van der Waals surface area contributed by atoms with Crippen LogP contribution in [0.4, 0.5) is 26.3 Å². The summed E-state index contributed by atoms with van der Waals surface area (Å²) in [5.41, 5.74) is -3.22. The second kappa shape index (κ2) is 10.9. The molecule has 0 aliphatic carbocycles. The van der Waals surface area contributed by atoms with E-state index in [4.69, 9.17) is 9.47 Å². The number of methoxy groups -OCH3 is 2. The molecule has 1 heterocycles. The predicted octanol–water partition coefficient (Wildman–Crippen LogP) is 4.41. The Hall–Kier alpha value is -3.12. The van der Waals surface area contributed by atoms with Gasteiger partial charge in [0.05, 0.1) is 36.3 Å². The molecule has 6 nitrogen and oxygen atoms in total. The third-order valence-electron chi connectivity index (χ3n) is 5.81. The molecule has 2 amide bonds. The van der Waals surface area contributed by atoms with Gasteiger partial charge in [-0.05, 0) is 35.4 Å². The van der Waals surface area contributed by atoms with Gasteiger partial charge < -0.3 is 19.7 Å². The molecule has 1 N–H and O–H groups in total. The Kier molecular flexibility index (Phi) is 8.29. The van der Waals surface area contributed by atoms with Crippen molar-refractivity contribution in [3.63, 3.8) is 0 Å². The molecule has 0 unspecified atom stereocenters. The van der Waals surface area contributed by atoms with E-state index < -0.39 is 52.8 Å². The molecule has 1 aliphatic heterocycles. The van der Waals surface area contributed by atoms with E-state index in [1.807, 2.05) is 0 Å². The van der Waals surface area contributed by atoms with Gasteiger partial charge in [-0.2, -0.15) is 26.3 Å². The Balaban J connectivity index is 2.27. The van der Waals surface area contributed by atoms with Crippen LogP contribution < -0.4 is 5.32 Å². The van der Waals surface area contributed by atoms with Gasteiger partial charge in [0.15, 0.2) is 0 Å².